The van der Waals surface area contributed by atoms with Gasteiger partial charge in [0.15, 0.2) is 0 Å². The zero-order valence-electron chi connectivity index (χ0n) is 7.67. The molecule has 0 bridgehead atoms. The SMILES string of the molecule is N#CCNC(=O)c1cc2c(s1)CCC2. The third-order valence-electron chi connectivity index (χ3n) is 2.30. The summed E-state index contributed by atoms with van der Waals surface area (Å²) in [5, 5.41) is 10.9. The molecule has 0 fully saturated rings. The summed E-state index contributed by atoms with van der Waals surface area (Å²) >= 11 is 1.56. The summed E-state index contributed by atoms with van der Waals surface area (Å²) < 4.78 is 0. The molecule has 1 aromatic heterocycles. The van der Waals surface area contributed by atoms with Crippen LogP contribution in [0.4, 0.5) is 0 Å². The van der Waals surface area contributed by atoms with Gasteiger partial charge in [0.05, 0.1) is 10.9 Å². The summed E-state index contributed by atoms with van der Waals surface area (Å²) in [6.45, 7) is 0.0847. The lowest BCUT2D eigenvalue weighted by atomic mass is 10.2. The lowest BCUT2D eigenvalue weighted by molar-refractivity contribution is 0.0962. The molecule has 0 radical (unpaired) electrons. The average Bonchev–Trinajstić information content (AvgIpc) is 2.72. The number of thiophene rings is 1. The van der Waals surface area contributed by atoms with Crippen molar-refractivity contribution in [1.82, 2.24) is 5.32 Å². The largest absolute Gasteiger partial charge is 0.338 e. The number of hydrogen-bond acceptors (Lipinski definition) is 3. The molecule has 0 spiro atoms. The van der Waals surface area contributed by atoms with E-state index in [9.17, 15) is 4.79 Å². The zero-order valence-corrected chi connectivity index (χ0v) is 8.49. The minimum Gasteiger partial charge on any atom is -0.338 e. The molecule has 2 rings (SSSR count). The van der Waals surface area contributed by atoms with Gasteiger partial charge in [-0.25, -0.2) is 0 Å². The Morgan fingerprint density at radius 3 is 3.21 bits per heavy atom. The lowest BCUT2D eigenvalue weighted by Crippen LogP contribution is -2.22. The maximum atomic E-state index is 11.5. The number of carbonyl (C=O) groups is 1. The fourth-order valence-corrected chi connectivity index (χ4v) is 2.82. The number of nitrogens with one attached hydrogen (secondary N) is 1. The van der Waals surface area contributed by atoms with Crippen molar-refractivity contribution in [2.24, 2.45) is 0 Å². The van der Waals surface area contributed by atoms with Gasteiger partial charge in [-0.1, -0.05) is 0 Å². The highest BCUT2D eigenvalue weighted by molar-refractivity contribution is 7.14. The summed E-state index contributed by atoms with van der Waals surface area (Å²) in [5.74, 6) is -0.119. The summed E-state index contributed by atoms with van der Waals surface area (Å²) in [5.41, 5.74) is 1.32. The number of rotatable bonds is 2. The molecule has 1 aliphatic rings. The van der Waals surface area contributed by atoms with E-state index in [-0.39, 0.29) is 12.5 Å². The Labute approximate surface area is 86.4 Å². The summed E-state index contributed by atoms with van der Waals surface area (Å²) in [6.07, 6.45) is 3.41. The van der Waals surface area contributed by atoms with Crippen molar-refractivity contribution in [1.29, 1.82) is 5.26 Å². The second-order valence-electron chi connectivity index (χ2n) is 3.25. The number of nitriles is 1. The van der Waals surface area contributed by atoms with E-state index in [1.165, 1.54) is 16.9 Å². The van der Waals surface area contributed by atoms with E-state index in [0.717, 1.165) is 17.7 Å². The second-order valence-corrected chi connectivity index (χ2v) is 4.39. The van der Waals surface area contributed by atoms with Crippen LogP contribution < -0.4 is 5.32 Å². The van der Waals surface area contributed by atoms with Crippen molar-refractivity contribution >= 4 is 17.2 Å². The van der Waals surface area contributed by atoms with Gasteiger partial charge in [0.25, 0.3) is 5.91 Å². The van der Waals surface area contributed by atoms with Gasteiger partial charge in [-0.05, 0) is 30.9 Å². The molecule has 0 aromatic carbocycles. The molecule has 0 saturated carbocycles. The highest BCUT2D eigenvalue weighted by Crippen LogP contribution is 2.30. The molecule has 14 heavy (non-hydrogen) atoms. The van der Waals surface area contributed by atoms with Gasteiger partial charge in [0, 0.05) is 4.88 Å². The molecular weight excluding hydrogens is 196 g/mol. The molecule has 1 N–H and O–H groups in total. The highest BCUT2D eigenvalue weighted by atomic mass is 32.1. The Morgan fingerprint density at radius 2 is 2.50 bits per heavy atom. The van der Waals surface area contributed by atoms with Crippen molar-refractivity contribution in [3.8, 4) is 6.07 Å². The smallest absolute Gasteiger partial charge is 0.262 e. The Balaban J connectivity index is 2.10. The van der Waals surface area contributed by atoms with E-state index in [2.05, 4.69) is 5.32 Å². The first-order chi connectivity index (χ1) is 6.81. The Hall–Kier alpha value is -1.34. The summed E-state index contributed by atoms with van der Waals surface area (Å²) in [7, 11) is 0. The predicted molar refractivity (Wildman–Crippen MR) is 54.3 cm³/mol. The van der Waals surface area contributed by atoms with Crippen LogP contribution in [0.3, 0.4) is 0 Å². The van der Waals surface area contributed by atoms with E-state index >= 15 is 0 Å². The standard InChI is InChI=1S/C10H10N2OS/c11-4-5-12-10(13)9-6-7-2-1-3-8(7)14-9/h6H,1-3,5H2,(H,12,13). The molecule has 1 amide bonds. The van der Waals surface area contributed by atoms with Gasteiger partial charge < -0.3 is 5.32 Å². The van der Waals surface area contributed by atoms with E-state index in [1.54, 1.807) is 11.3 Å². The van der Waals surface area contributed by atoms with E-state index < -0.39 is 0 Å². The lowest BCUT2D eigenvalue weighted by Gasteiger charge is -1.95. The third-order valence-corrected chi connectivity index (χ3v) is 3.53. The van der Waals surface area contributed by atoms with Crippen molar-refractivity contribution in [2.75, 3.05) is 6.54 Å². The minimum absolute atomic E-state index is 0.0847. The molecule has 3 nitrogen and oxygen atoms in total. The second kappa shape index (κ2) is 3.81. The first kappa shape index (κ1) is 9.22. The molecule has 1 aromatic rings. The van der Waals surface area contributed by atoms with Crippen LogP contribution >= 0.6 is 11.3 Å². The summed E-state index contributed by atoms with van der Waals surface area (Å²) in [4.78, 5) is 13.5. The Bertz CT molecular complexity index is 381. The molecular formula is C10H10N2OS. The number of amides is 1. The monoisotopic (exact) mass is 206 g/mol. The summed E-state index contributed by atoms with van der Waals surface area (Å²) in [6, 6.07) is 3.85. The van der Waals surface area contributed by atoms with Crippen molar-refractivity contribution in [2.45, 2.75) is 19.3 Å². The molecule has 1 heterocycles. The Morgan fingerprint density at radius 1 is 1.64 bits per heavy atom. The van der Waals surface area contributed by atoms with Crippen LogP contribution in [0, 0.1) is 11.3 Å². The molecule has 0 atom stereocenters. The third kappa shape index (κ3) is 1.64. The van der Waals surface area contributed by atoms with Crippen LogP contribution in [0.2, 0.25) is 0 Å². The molecule has 1 aliphatic carbocycles. The molecule has 0 aliphatic heterocycles. The van der Waals surface area contributed by atoms with Crippen LogP contribution in [-0.2, 0) is 12.8 Å². The fourth-order valence-electron chi connectivity index (χ4n) is 1.65. The number of nitrogens with zero attached hydrogens (tertiary/aromatic N) is 1. The van der Waals surface area contributed by atoms with Crippen LogP contribution in [-0.4, -0.2) is 12.5 Å². The number of fused-ring (bicyclic) bond motifs is 1. The maximum absolute atomic E-state index is 11.5. The normalized spacial score (nSPS) is 13.4. The van der Waals surface area contributed by atoms with Gasteiger partial charge in [-0.2, -0.15) is 5.26 Å². The first-order valence-corrected chi connectivity index (χ1v) is 5.39. The fraction of sp³-hybridized carbons (Fsp3) is 0.400. The van der Waals surface area contributed by atoms with Gasteiger partial charge in [-0.15, -0.1) is 11.3 Å². The van der Waals surface area contributed by atoms with Crippen LogP contribution in [0.5, 0.6) is 0 Å². The minimum atomic E-state index is -0.119. The van der Waals surface area contributed by atoms with Gasteiger partial charge in [0.2, 0.25) is 0 Å². The molecule has 0 unspecified atom stereocenters. The number of hydrogen-bond donors (Lipinski definition) is 1. The van der Waals surface area contributed by atoms with Crippen LogP contribution in [0.25, 0.3) is 0 Å². The van der Waals surface area contributed by atoms with E-state index in [4.69, 9.17) is 5.26 Å². The number of carbonyl (C=O) groups excluding carboxylic acids is 1. The van der Waals surface area contributed by atoms with Gasteiger partial charge in [-0.3, -0.25) is 4.79 Å². The molecule has 0 saturated heterocycles. The average molecular weight is 206 g/mol. The zero-order chi connectivity index (χ0) is 9.97. The number of aryl methyl sites for hydroxylation is 2. The van der Waals surface area contributed by atoms with Crippen molar-refractivity contribution in [3.05, 3.63) is 21.4 Å². The quantitative estimate of drug-likeness (QED) is 0.745. The molecule has 72 valence electrons. The van der Waals surface area contributed by atoms with Crippen LogP contribution in [0.15, 0.2) is 6.07 Å². The van der Waals surface area contributed by atoms with Crippen molar-refractivity contribution in [3.63, 3.8) is 0 Å². The van der Waals surface area contributed by atoms with Crippen LogP contribution in [0.1, 0.15) is 26.5 Å². The van der Waals surface area contributed by atoms with Crippen molar-refractivity contribution < 1.29 is 4.79 Å². The topological polar surface area (TPSA) is 52.9 Å². The van der Waals surface area contributed by atoms with E-state index in [0.29, 0.717) is 0 Å². The maximum Gasteiger partial charge on any atom is 0.262 e. The highest BCUT2D eigenvalue weighted by Gasteiger charge is 2.17. The van der Waals surface area contributed by atoms with Gasteiger partial charge in [0.1, 0.15) is 6.54 Å². The Kier molecular flexibility index (Phi) is 2.51. The van der Waals surface area contributed by atoms with E-state index in [1.807, 2.05) is 12.1 Å². The first-order valence-electron chi connectivity index (χ1n) is 4.58. The predicted octanol–water partition coefficient (Wildman–Crippen LogP) is 1.49. The molecule has 4 heteroatoms. The van der Waals surface area contributed by atoms with Gasteiger partial charge >= 0.3 is 0 Å².